The van der Waals surface area contributed by atoms with Crippen molar-refractivity contribution in [2.45, 2.75) is 40.2 Å². The van der Waals surface area contributed by atoms with Gasteiger partial charge in [-0.05, 0) is 46.2 Å². The Morgan fingerprint density at radius 1 is 1.35 bits per heavy atom. The topological polar surface area (TPSA) is 38.3 Å². The summed E-state index contributed by atoms with van der Waals surface area (Å²) in [4.78, 5) is 11.8. The maximum absolute atomic E-state index is 11.8. The molecule has 1 N–H and O–H groups in total. The van der Waals surface area contributed by atoms with Gasteiger partial charge in [-0.1, -0.05) is 17.7 Å². The maximum Gasteiger partial charge on any atom is 0.331 e. The molecule has 0 spiro atoms. The molecular weight excluding hydrogens is 214 g/mol. The van der Waals surface area contributed by atoms with E-state index in [9.17, 15) is 4.79 Å². The van der Waals surface area contributed by atoms with E-state index in [0.717, 1.165) is 11.3 Å². The summed E-state index contributed by atoms with van der Waals surface area (Å²) in [6.07, 6.45) is 0. The van der Waals surface area contributed by atoms with Crippen LogP contribution < -0.4 is 5.32 Å². The lowest BCUT2D eigenvalue weighted by Crippen LogP contribution is -2.41. The van der Waals surface area contributed by atoms with E-state index >= 15 is 0 Å². The number of nitrogens with one attached hydrogen (secondary N) is 1. The lowest BCUT2D eigenvalue weighted by Gasteiger charge is -2.26. The fourth-order valence-electron chi connectivity index (χ4n) is 1.65. The summed E-state index contributed by atoms with van der Waals surface area (Å²) in [5, 5.41) is 3.22. The molecule has 0 radical (unpaired) electrons. The lowest BCUT2D eigenvalue weighted by atomic mass is 10.0. The zero-order chi connectivity index (χ0) is 13.1. The van der Waals surface area contributed by atoms with Crippen molar-refractivity contribution in [3.63, 3.8) is 0 Å². The number of rotatable bonds is 4. The summed E-state index contributed by atoms with van der Waals surface area (Å²) in [5.74, 6) is -0.236. The van der Waals surface area contributed by atoms with Crippen LogP contribution in [0.2, 0.25) is 0 Å². The molecule has 0 bridgehead atoms. The van der Waals surface area contributed by atoms with Gasteiger partial charge < -0.3 is 10.1 Å². The van der Waals surface area contributed by atoms with Crippen molar-refractivity contribution in [2.75, 3.05) is 11.9 Å². The van der Waals surface area contributed by atoms with Gasteiger partial charge >= 0.3 is 5.97 Å². The van der Waals surface area contributed by atoms with Crippen LogP contribution in [0.25, 0.3) is 0 Å². The molecule has 94 valence electrons. The number of carbonyl (C=O) groups is 1. The second-order valence-electron chi connectivity index (χ2n) is 4.79. The van der Waals surface area contributed by atoms with E-state index in [2.05, 4.69) is 11.4 Å². The summed E-state index contributed by atoms with van der Waals surface area (Å²) in [6.45, 7) is 9.93. The van der Waals surface area contributed by atoms with Crippen molar-refractivity contribution >= 4 is 11.7 Å². The first-order chi connectivity index (χ1) is 7.86. The van der Waals surface area contributed by atoms with Gasteiger partial charge in [0.2, 0.25) is 0 Å². The molecule has 0 aliphatic heterocycles. The first kappa shape index (κ1) is 13.6. The molecule has 1 aromatic carbocycles. The number of hydrogen-bond acceptors (Lipinski definition) is 3. The van der Waals surface area contributed by atoms with E-state index in [-0.39, 0.29) is 5.97 Å². The molecule has 0 amide bonds. The second kappa shape index (κ2) is 5.21. The average molecular weight is 235 g/mol. The van der Waals surface area contributed by atoms with E-state index in [1.807, 2.05) is 46.8 Å². The number of carbonyl (C=O) groups excluding carboxylic acids is 1. The molecule has 3 nitrogen and oxygen atoms in total. The van der Waals surface area contributed by atoms with Crippen LogP contribution in [-0.4, -0.2) is 18.1 Å². The van der Waals surface area contributed by atoms with Crippen molar-refractivity contribution in [3.8, 4) is 0 Å². The average Bonchev–Trinajstić information content (AvgIpc) is 2.22. The van der Waals surface area contributed by atoms with Gasteiger partial charge in [-0.15, -0.1) is 0 Å². The SMILES string of the molecule is CCOC(=O)C(C)(C)Nc1ccc(C)cc1C. The predicted molar refractivity (Wildman–Crippen MR) is 70.3 cm³/mol. The van der Waals surface area contributed by atoms with Crippen LogP contribution in [0.5, 0.6) is 0 Å². The molecule has 0 unspecified atom stereocenters. The van der Waals surface area contributed by atoms with Gasteiger partial charge in [0.25, 0.3) is 0 Å². The molecule has 0 fully saturated rings. The number of benzene rings is 1. The number of aryl methyl sites for hydroxylation is 2. The van der Waals surface area contributed by atoms with Gasteiger partial charge in [-0.3, -0.25) is 0 Å². The summed E-state index contributed by atoms with van der Waals surface area (Å²) < 4.78 is 5.04. The van der Waals surface area contributed by atoms with Crippen LogP contribution in [0.1, 0.15) is 31.9 Å². The van der Waals surface area contributed by atoms with Crippen molar-refractivity contribution in [1.82, 2.24) is 0 Å². The lowest BCUT2D eigenvalue weighted by molar-refractivity contribution is -0.147. The highest BCUT2D eigenvalue weighted by molar-refractivity contribution is 5.83. The third-order valence-electron chi connectivity index (χ3n) is 2.61. The monoisotopic (exact) mass is 235 g/mol. The number of anilines is 1. The Morgan fingerprint density at radius 3 is 2.53 bits per heavy atom. The molecule has 1 rings (SSSR count). The number of hydrogen-bond donors (Lipinski definition) is 1. The second-order valence-corrected chi connectivity index (χ2v) is 4.79. The fraction of sp³-hybridized carbons (Fsp3) is 0.500. The quantitative estimate of drug-likeness (QED) is 0.815. The Labute approximate surface area is 103 Å². The van der Waals surface area contributed by atoms with Crippen LogP contribution in [0.15, 0.2) is 18.2 Å². The Kier molecular flexibility index (Phi) is 4.16. The summed E-state index contributed by atoms with van der Waals surface area (Å²) >= 11 is 0. The van der Waals surface area contributed by atoms with E-state index in [1.54, 1.807) is 0 Å². The first-order valence-corrected chi connectivity index (χ1v) is 5.89. The molecule has 1 aromatic rings. The van der Waals surface area contributed by atoms with Crippen LogP contribution in [-0.2, 0) is 9.53 Å². The molecule has 0 aromatic heterocycles. The fourth-order valence-corrected chi connectivity index (χ4v) is 1.65. The normalized spacial score (nSPS) is 11.1. The smallest absolute Gasteiger partial charge is 0.331 e. The Balaban J connectivity index is 2.86. The Hall–Kier alpha value is -1.51. The van der Waals surface area contributed by atoms with E-state index in [0.29, 0.717) is 6.61 Å². The Morgan fingerprint density at radius 2 is 2.00 bits per heavy atom. The third kappa shape index (κ3) is 3.48. The molecule has 0 aliphatic rings. The molecular formula is C14H21NO2. The van der Waals surface area contributed by atoms with Crippen LogP contribution in [0.4, 0.5) is 5.69 Å². The molecule has 17 heavy (non-hydrogen) atoms. The molecule has 0 atom stereocenters. The van der Waals surface area contributed by atoms with Gasteiger partial charge in [0.15, 0.2) is 0 Å². The Bertz CT molecular complexity index is 411. The minimum Gasteiger partial charge on any atom is -0.464 e. The largest absolute Gasteiger partial charge is 0.464 e. The van der Waals surface area contributed by atoms with Crippen LogP contribution >= 0.6 is 0 Å². The van der Waals surface area contributed by atoms with Crippen molar-refractivity contribution in [1.29, 1.82) is 0 Å². The van der Waals surface area contributed by atoms with E-state index in [1.165, 1.54) is 5.56 Å². The zero-order valence-corrected chi connectivity index (χ0v) is 11.3. The minimum absolute atomic E-state index is 0.236. The van der Waals surface area contributed by atoms with Gasteiger partial charge in [0, 0.05) is 5.69 Å². The van der Waals surface area contributed by atoms with Gasteiger partial charge in [-0.25, -0.2) is 4.79 Å². The maximum atomic E-state index is 11.8. The number of esters is 1. The van der Waals surface area contributed by atoms with E-state index < -0.39 is 5.54 Å². The minimum atomic E-state index is -0.712. The van der Waals surface area contributed by atoms with Gasteiger partial charge in [0.05, 0.1) is 6.61 Å². The molecule has 0 saturated carbocycles. The summed E-state index contributed by atoms with van der Waals surface area (Å²) in [5.41, 5.74) is 2.59. The molecule has 0 saturated heterocycles. The van der Waals surface area contributed by atoms with E-state index in [4.69, 9.17) is 4.74 Å². The summed E-state index contributed by atoms with van der Waals surface area (Å²) in [7, 11) is 0. The van der Waals surface area contributed by atoms with Gasteiger partial charge in [0.1, 0.15) is 5.54 Å². The molecule has 0 aliphatic carbocycles. The van der Waals surface area contributed by atoms with Crippen LogP contribution in [0.3, 0.4) is 0 Å². The van der Waals surface area contributed by atoms with Crippen LogP contribution in [0, 0.1) is 13.8 Å². The highest BCUT2D eigenvalue weighted by atomic mass is 16.5. The summed E-state index contributed by atoms with van der Waals surface area (Å²) in [6, 6.07) is 6.10. The molecule has 3 heteroatoms. The van der Waals surface area contributed by atoms with Crippen molar-refractivity contribution in [3.05, 3.63) is 29.3 Å². The highest BCUT2D eigenvalue weighted by Crippen LogP contribution is 2.21. The van der Waals surface area contributed by atoms with Crippen molar-refractivity contribution < 1.29 is 9.53 Å². The standard InChI is InChI=1S/C14H21NO2/c1-6-17-13(16)14(4,5)15-12-8-7-10(2)9-11(12)3/h7-9,15H,6H2,1-5H3. The number of ether oxygens (including phenoxy) is 1. The zero-order valence-electron chi connectivity index (χ0n) is 11.3. The molecule has 0 heterocycles. The van der Waals surface area contributed by atoms with Gasteiger partial charge in [-0.2, -0.15) is 0 Å². The highest BCUT2D eigenvalue weighted by Gasteiger charge is 2.29. The first-order valence-electron chi connectivity index (χ1n) is 5.89. The third-order valence-corrected chi connectivity index (χ3v) is 2.61. The predicted octanol–water partition coefficient (Wildman–Crippen LogP) is 3.06. The van der Waals surface area contributed by atoms with Crippen molar-refractivity contribution in [2.24, 2.45) is 0 Å².